The zero-order valence-corrected chi connectivity index (χ0v) is 16.4. The molecule has 0 spiro atoms. The first-order valence-electron chi connectivity index (χ1n) is 8.52. The molecule has 0 saturated carbocycles. The summed E-state index contributed by atoms with van der Waals surface area (Å²) in [4.78, 5) is 25.6. The minimum atomic E-state index is -4.66. The average molecular weight is 425 g/mol. The van der Waals surface area contributed by atoms with E-state index in [-0.39, 0.29) is 10.8 Å². The van der Waals surface area contributed by atoms with Crippen molar-refractivity contribution in [1.82, 2.24) is 19.9 Å². The average Bonchev–Trinajstić information content (AvgIpc) is 3.03. The van der Waals surface area contributed by atoms with Gasteiger partial charge in [0.25, 0.3) is 0 Å². The molecule has 0 aliphatic carbocycles. The highest BCUT2D eigenvalue weighted by Gasteiger charge is 2.35. The van der Waals surface area contributed by atoms with Crippen molar-refractivity contribution in [2.75, 3.05) is 27.2 Å². The molecule has 7 nitrogen and oxygen atoms in total. The van der Waals surface area contributed by atoms with E-state index in [4.69, 9.17) is 10.5 Å². The summed E-state index contributed by atoms with van der Waals surface area (Å²) in [5.41, 5.74) is 4.87. The molecule has 0 aliphatic rings. The molecule has 0 fully saturated rings. The Hall–Kier alpha value is -2.79. The van der Waals surface area contributed by atoms with Gasteiger partial charge in [0.2, 0.25) is 5.91 Å². The number of carbonyl (C=O) groups excluding carboxylic acids is 1. The predicted octanol–water partition coefficient (Wildman–Crippen LogP) is 2.66. The van der Waals surface area contributed by atoms with E-state index in [2.05, 4.69) is 15.0 Å². The van der Waals surface area contributed by atoms with Crippen LogP contribution in [0.2, 0.25) is 0 Å². The zero-order chi connectivity index (χ0) is 21.2. The van der Waals surface area contributed by atoms with Gasteiger partial charge in [0.05, 0.1) is 10.2 Å². The Morgan fingerprint density at radius 1 is 1.28 bits per heavy atom. The predicted molar refractivity (Wildman–Crippen MR) is 102 cm³/mol. The number of ether oxygens (including phenoxy) is 1. The largest absolute Gasteiger partial charge is 0.492 e. The fraction of sp³-hybridized carbons (Fsp3) is 0.333. The number of benzene rings is 1. The lowest BCUT2D eigenvalue weighted by Gasteiger charge is -2.11. The molecule has 3 aromatic rings. The van der Waals surface area contributed by atoms with Gasteiger partial charge in [-0.15, -0.1) is 11.3 Å². The smallest absolute Gasteiger partial charge is 0.433 e. The van der Waals surface area contributed by atoms with Gasteiger partial charge >= 0.3 is 6.18 Å². The summed E-state index contributed by atoms with van der Waals surface area (Å²) in [6.07, 6.45) is -3.71. The van der Waals surface area contributed by atoms with E-state index in [0.29, 0.717) is 22.6 Å². The summed E-state index contributed by atoms with van der Waals surface area (Å²) in [6.45, 7) is 1.23. The van der Waals surface area contributed by atoms with Crippen LogP contribution in [0.5, 0.6) is 5.75 Å². The maximum Gasteiger partial charge on any atom is 0.433 e. The fourth-order valence-electron chi connectivity index (χ4n) is 2.51. The van der Waals surface area contributed by atoms with Gasteiger partial charge in [0.1, 0.15) is 34.8 Å². The second-order valence-corrected chi connectivity index (χ2v) is 7.53. The molecule has 154 valence electrons. The van der Waals surface area contributed by atoms with Crippen molar-refractivity contribution in [3.8, 4) is 5.75 Å². The first kappa shape index (κ1) is 20.9. The Kier molecular flexibility index (Phi) is 5.99. The lowest BCUT2D eigenvalue weighted by molar-refractivity contribution is -0.141. The van der Waals surface area contributed by atoms with Crippen molar-refractivity contribution in [2.24, 2.45) is 5.73 Å². The van der Waals surface area contributed by atoms with E-state index in [1.807, 2.05) is 19.0 Å². The molecule has 2 heterocycles. The number of carbonyl (C=O) groups is 1. The minimum Gasteiger partial charge on any atom is -0.492 e. The maximum atomic E-state index is 13.0. The molecule has 1 atom stereocenters. The number of hydrogen-bond donors (Lipinski definition) is 1. The third-order valence-corrected chi connectivity index (χ3v) is 5.02. The van der Waals surface area contributed by atoms with Gasteiger partial charge in [0.15, 0.2) is 0 Å². The lowest BCUT2D eigenvalue weighted by Crippen LogP contribution is -2.25. The number of amides is 1. The van der Waals surface area contributed by atoms with Gasteiger partial charge in [-0.1, -0.05) is 0 Å². The fourth-order valence-corrected chi connectivity index (χ4v) is 3.61. The van der Waals surface area contributed by atoms with Crippen LogP contribution in [0, 0.1) is 0 Å². The summed E-state index contributed by atoms with van der Waals surface area (Å²) in [5, 5.41) is 0.220. The van der Waals surface area contributed by atoms with E-state index in [9.17, 15) is 18.0 Å². The van der Waals surface area contributed by atoms with Gasteiger partial charge in [-0.2, -0.15) is 13.2 Å². The van der Waals surface area contributed by atoms with E-state index < -0.39 is 23.7 Å². The van der Waals surface area contributed by atoms with Crippen molar-refractivity contribution in [2.45, 2.75) is 12.1 Å². The van der Waals surface area contributed by atoms with E-state index >= 15 is 0 Å². The summed E-state index contributed by atoms with van der Waals surface area (Å²) in [6, 6.07) is 5.95. The van der Waals surface area contributed by atoms with Crippen LogP contribution in [0.3, 0.4) is 0 Å². The van der Waals surface area contributed by atoms with Crippen LogP contribution in [0.1, 0.15) is 22.4 Å². The Labute approximate surface area is 168 Å². The Bertz CT molecular complexity index is 1020. The van der Waals surface area contributed by atoms with Crippen LogP contribution in [-0.4, -0.2) is 53.0 Å². The van der Waals surface area contributed by atoms with Gasteiger partial charge < -0.3 is 15.4 Å². The third kappa shape index (κ3) is 4.98. The number of nitrogens with zero attached hydrogens (tertiary/aromatic N) is 4. The molecule has 0 radical (unpaired) electrons. The number of nitrogens with two attached hydrogens (primary N) is 1. The SMILES string of the molecule is CN(C)CCOc1ccc2nc(C(C(N)=O)c3nccc(C(F)(F)F)n3)sc2c1. The number of halogens is 3. The van der Waals surface area contributed by atoms with Crippen molar-refractivity contribution in [3.05, 3.63) is 47.0 Å². The number of alkyl halides is 3. The molecule has 11 heteroatoms. The maximum absolute atomic E-state index is 13.0. The first-order valence-corrected chi connectivity index (χ1v) is 9.34. The number of likely N-dealkylation sites (N-methyl/N-ethyl adjacent to an activating group) is 1. The molecule has 0 aliphatic heterocycles. The molecule has 29 heavy (non-hydrogen) atoms. The molecule has 0 saturated heterocycles. The lowest BCUT2D eigenvalue weighted by atomic mass is 10.1. The van der Waals surface area contributed by atoms with Gasteiger partial charge in [-0.3, -0.25) is 4.79 Å². The number of aromatic nitrogens is 3. The third-order valence-electron chi connectivity index (χ3n) is 3.94. The summed E-state index contributed by atoms with van der Waals surface area (Å²) in [5.74, 6) is -1.88. The second-order valence-electron chi connectivity index (χ2n) is 6.47. The van der Waals surface area contributed by atoms with Crippen LogP contribution < -0.4 is 10.5 Å². The van der Waals surface area contributed by atoms with Crippen LogP contribution in [0.25, 0.3) is 10.2 Å². The number of thiazole rings is 1. The van der Waals surface area contributed by atoms with Crippen LogP contribution >= 0.6 is 11.3 Å². The highest BCUT2D eigenvalue weighted by Crippen LogP contribution is 2.34. The first-order chi connectivity index (χ1) is 13.6. The van der Waals surface area contributed by atoms with Crippen LogP contribution in [0.4, 0.5) is 13.2 Å². The summed E-state index contributed by atoms with van der Waals surface area (Å²) < 4.78 is 45.3. The number of hydrogen-bond acceptors (Lipinski definition) is 7. The monoisotopic (exact) mass is 425 g/mol. The van der Waals surface area contributed by atoms with Crippen molar-refractivity contribution in [3.63, 3.8) is 0 Å². The quantitative estimate of drug-likeness (QED) is 0.626. The highest BCUT2D eigenvalue weighted by atomic mass is 32.1. The van der Waals surface area contributed by atoms with Crippen molar-refractivity contribution in [1.29, 1.82) is 0 Å². The number of primary amides is 1. The van der Waals surface area contributed by atoms with Gasteiger partial charge in [-0.05, 0) is 38.4 Å². The molecular formula is C18H18F3N5O2S. The number of fused-ring (bicyclic) bond motifs is 1. The molecule has 2 N–H and O–H groups in total. The zero-order valence-electron chi connectivity index (χ0n) is 15.6. The molecular weight excluding hydrogens is 407 g/mol. The van der Waals surface area contributed by atoms with E-state index in [1.54, 1.807) is 18.2 Å². The molecule has 1 amide bonds. The van der Waals surface area contributed by atoms with Crippen LogP contribution in [0.15, 0.2) is 30.5 Å². The second kappa shape index (κ2) is 8.29. The normalized spacial score (nSPS) is 13.0. The summed E-state index contributed by atoms with van der Waals surface area (Å²) >= 11 is 1.13. The molecule has 2 aromatic heterocycles. The van der Waals surface area contributed by atoms with E-state index in [1.165, 1.54) is 0 Å². The Morgan fingerprint density at radius 3 is 2.69 bits per heavy atom. The van der Waals surface area contributed by atoms with E-state index in [0.717, 1.165) is 30.1 Å². The molecule has 0 bridgehead atoms. The molecule has 3 rings (SSSR count). The molecule has 1 aromatic carbocycles. The van der Waals surface area contributed by atoms with Crippen LogP contribution in [-0.2, 0) is 11.0 Å². The van der Waals surface area contributed by atoms with Crippen molar-refractivity contribution < 1.29 is 22.7 Å². The highest BCUT2D eigenvalue weighted by molar-refractivity contribution is 7.18. The minimum absolute atomic E-state index is 0.220. The Morgan fingerprint density at radius 2 is 2.03 bits per heavy atom. The summed E-state index contributed by atoms with van der Waals surface area (Å²) in [7, 11) is 3.86. The number of rotatable bonds is 7. The van der Waals surface area contributed by atoms with Gasteiger partial charge in [-0.25, -0.2) is 15.0 Å². The standard InChI is InChI=1S/C18H18F3N5O2S/c1-26(2)7-8-28-10-3-4-11-12(9-10)29-17(24-11)14(15(22)27)16-23-6-5-13(25-16)18(19,20)21/h3-6,9,14H,7-8H2,1-2H3,(H2,22,27). The van der Waals surface area contributed by atoms with Crippen molar-refractivity contribution >= 4 is 27.5 Å². The molecule has 1 unspecified atom stereocenters. The van der Waals surface area contributed by atoms with Gasteiger partial charge in [0, 0.05) is 12.7 Å². The Balaban J connectivity index is 1.93. The topological polar surface area (TPSA) is 94.2 Å².